The number of ether oxygens (including phenoxy) is 2. The number of cyclic esters (lactones) is 1. The second-order valence-electron chi connectivity index (χ2n) is 14.8. The van der Waals surface area contributed by atoms with Gasteiger partial charge in [-0.2, -0.15) is 0 Å². The van der Waals surface area contributed by atoms with E-state index in [2.05, 4.69) is 5.16 Å². The average Bonchev–Trinajstić information content (AvgIpc) is 3.75. The fourth-order valence-corrected chi connectivity index (χ4v) is 8.03. The van der Waals surface area contributed by atoms with E-state index >= 15 is 0 Å². The van der Waals surface area contributed by atoms with E-state index in [4.69, 9.17) is 19.3 Å². The molecule has 324 valence electrons. The van der Waals surface area contributed by atoms with Gasteiger partial charge in [0.1, 0.15) is 18.1 Å². The molecule has 3 aromatic carbocycles. The first-order chi connectivity index (χ1) is 29.4. The zero-order valence-electron chi connectivity index (χ0n) is 33.2. The van der Waals surface area contributed by atoms with Crippen LogP contribution in [0.2, 0.25) is 0 Å². The molecule has 5 aromatic rings. The summed E-state index contributed by atoms with van der Waals surface area (Å²) in [5, 5.41) is 63.2. The van der Waals surface area contributed by atoms with Crippen molar-refractivity contribution in [1.29, 1.82) is 0 Å². The number of fused-ring (bicyclic) bond motifs is 8. The van der Waals surface area contributed by atoms with E-state index in [-0.39, 0.29) is 42.2 Å². The molecule has 0 fully saturated rings. The molecule has 0 amide bonds. The topological polar surface area (TPSA) is 305 Å². The number of non-ortho nitro benzene ring substituents is 2. The van der Waals surface area contributed by atoms with Gasteiger partial charge >= 0.3 is 11.9 Å². The van der Waals surface area contributed by atoms with Crippen molar-refractivity contribution in [2.75, 3.05) is 14.1 Å². The van der Waals surface area contributed by atoms with Gasteiger partial charge in [0.15, 0.2) is 0 Å². The number of phenols is 1. The number of aromatic hydroxyl groups is 1. The molecule has 1 aliphatic carbocycles. The maximum atomic E-state index is 14.1. The normalized spacial score (nSPS) is 15.8. The summed E-state index contributed by atoms with van der Waals surface area (Å²) in [6, 6.07) is 9.27. The molecule has 24 heteroatoms. The Bertz CT molecular complexity index is 2940. The SMILES string of the molecule is CC[C@]1(OC(=O)[C@H](C)ON=C2c3cc([N+](=O)[O-])cc([N+](=O)[O-])c3-c3c2cc([N+](=O)[O-])cc3[N+](=O)[O-])C(=O)OCc2c1cc1n(c2=O)Cc2cc3c(CN(C)C)c(O)ccc3nc2-1.Cl. The second kappa shape index (κ2) is 15.5. The van der Waals surface area contributed by atoms with Crippen molar-refractivity contribution in [2.45, 2.75) is 51.7 Å². The van der Waals surface area contributed by atoms with E-state index in [1.165, 1.54) is 23.6 Å². The van der Waals surface area contributed by atoms with E-state index in [1.807, 2.05) is 25.1 Å². The van der Waals surface area contributed by atoms with Crippen LogP contribution in [0.1, 0.15) is 53.6 Å². The predicted molar refractivity (Wildman–Crippen MR) is 219 cm³/mol. The minimum absolute atomic E-state index is 0. The Labute approximate surface area is 358 Å². The smallest absolute Gasteiger partial charge is 0.355 e. The highest BCUT2D eigenvalue weighted by atomic mass is 35.5. The fourth-order valence-electron chi connectivity index (χ4n) is 8.03. The van der Waals surface area contributed by atoms with E-state index in [0.29, 0.717) is 52.1 Å². The molecule has 3 aliphatic rings. The van der Waals surface area contributed by atoms with Crippen molar-refractivity contribution >= 4 is 63.7 Å². The molecule has 0 saturated heterocycles. The third-order valence-corrected chi connectivity index (χ3v) is 10.9. The highest BCUT2D eigenvalue weighted by Crippen LogP contribution is 2.50. The first-order valence-electron chi connectivity index (χ1n) is 18.5. The van der Waals surface area contributed by atoms with Crippen LogP contribution in [0.4, 0.5) is 22.7 Å². The number of nitro benzene ring substituents is 4. The molecular formula is C39H31ClN8O15. The Balaban J connectivity index is 0.00000595. The van der Waals surface area contributed by atoms with Crippen LogP contribution in [-0.2, 0) is 49.2 Å². The number of halogens is 1. The summed E-state index contributed by atoms with van der Waals surface area (Å²) in [5.74, 6) is -2.20. The van der Waals surface area contributed by atoms with Gasteiger partial charge in [-0.25, -0.2) is 14.6 Å². The number of esters is 2. The van der Waals surface area contributed by atoms with Crippen molar-refractivity contribution in [3.05, 3.63) is 133 Å². The van der Waals surface area contributed by atoms with Crippen LogP contribution in [0.5, 0.6) is 5.75 Å². The number of oxime groups is 1. The number of carbonyl (C=O) groups is 2. The average molecular weight is 887 g/mol. The van der Waals surface area contributed by atoms with Crippen LogP contribution in [-0.4, -0.2) is 77.1 Å². The van der Waals surface area contributed by atoms with E-state index in [9.17, 15) is 59.9 Å². The third kappa shape index (κ3) is 6.78. The fraction of sp³-hybridized carbons (Fsp3) is 0.256. The molecule has 8 rings (SSSR count). The lowest BCUT2D eigenvalue weighted by Gasteiger charge is -2.36. The van der Waals surface area contributed by atoms with Crippen LogP contribution < -0.4 is 5.56 Å². The Kier molecular flexibility index (Phi) is 10.6. The monoisotopic (exact) mass is 886 g/mol. The van der Waals surface area contributed by atoms with Crippen molar-refractivity contribution < 1.29 is 48.7 Å². The lowest BCUT2D eigenvalue weighted by molar-refractivity contribution is -0.395. The minimum atomic E-state index is -2.22. The molecule has 2 aliphatic heterocycles. The summed E-state index contributed by atoms with van der Waals surface area (Å²) in [4.78, 5) is 97.9. The van der Waals surface area contributed by atoms with Gasteiger partial charge in [0.25, 0.3) is 28.3 Å². The number of rotatable bonds is 11. The largest absolute Gasteiger partial charge is 0.508 e. The summed E-state index contributed by atoms with van der Waals surface area (Å²) in [7, 11) is 3.70. The molecule has 2 atom stereocenters. The number of nitro groups is 4. The van der Waals surface area contributed by atoms with Crippen molar-refractivity contribution in [2.24, 2.45) is 5.16 Å². The summed E-state index contributed by atoms with van der Waals surface area (Å²) in [6.07, 6.45) is -2.02. The third-order valence-electron chi connectivity index (χ3n) is 10.9. The van der Waals surface area contributed by atoms with E-state index in [1.54, 1.807) is 6.07 Å². The standard InChI is InChI=1S/C39H30N8O15.ClH/c1-5-39(26-13-30-34-18(14-43(30)36(49)25(26)16-60-38(39)51)8-21-24(15-42(3)4)31(48)7-6-27(21)40-34)61-37(50)17(2)62-41-35-22-9-19(44(52)53)11-28(46(56)57)32(22)33-23(35)10-20(45(54)55)12-29(33)47(58)59;/h6-13,17,48H,5,14-16H2,1-4H3;1H/t17-,39+;/m0./s1. The molecule has 63 heavy (non-hydrogen) atoms. The lowest BCUT2D eigenvalue weighted by Crippen LogP contribution is -2.48. The van der Waals surface area contributed by atoms with Crippen molar-refractivity contribution in [3.8, 4) is 28.3 Å². The highest BCUT2D eigenvalue weighted by molar-refractivity contribution is 6.27. The maximum Gasteiger partial charge on any atom is 0.355 e. The van der Waals surface area contributed by atoms with Crippen LogP contribution >= 0.6 is 12.4 Å². The minimum Gasteiger partial charge on any atom is -0.508 e. The van der Waals surface area contributed by atoms with Gasteiger partial charge in [-0.05, 0) is 51.7 Å². The van der Waals surface area contributed by atoms with Crippen molar-refractivity contribution in [1.82, 2.24) is 14.5 Å². The van der Waals surface area contributed by atoms with Gasteiger partial charge in [-0.1, -0.05) is 12.1 Å². The van der Waals surface area contributed by atoms with Gasteiger partial charge in [0.2, 0.25) is 11.7 Å². The van der Waals surface area contributed by atoms with Crippen LogP contribution in [0, 0.1) is 40.5 Å². The lowest BCUT2D eigenvalue weighted by atomic mass is 9.85. The molecule has 23 nitrogen and oxygen atoms in total. The maximum absolute atomic E-state index is 14.1. The Hall–Kier alpha value is -7.92. The van der Waals surface area contributed by atoms with Gasteiger partial charge in [0, 0.05) is 51.9 Å². The summed E-state index contributed by atoms with van der Waals surface area (Å²) >= 11 is 0. The number of pyridine rings is 2. The van der Waals surface area contributed by atoms with Gasteiger partial charge in [0.05, 0.1) is 72.0 Å². The zero-order chi connectivity index (χ0) is 44.7. The molecule has 0 bridgehead atoms. The Morgan fingerprint density at radius 3 is 2.10 bits per heavy atom. The number of aromatic nitrogens is 2. The van der Waals surface area contributed by atoms with Crippen LogP contribution in [0.25, 0.3) is 33.4 Å². The van der Waals surface area contributed by atoms with Gasteiger partial charge in [-0.15, -0.1) is 12.4 Å². The quantitative estimate of drug-likeness (QED) is 0.0979. The molecule has 0 saturated carbocycles. The molecule has 1 N–H and O–H groups in total. The summed E-state index contributed by atoms with van der Waals surface area (Å²) in [6.45, 7) is 2.68. The van der Waals surface area contributed by atoms with Gasteiger partial charge in [-0.3, -0.25) is 45.3 Å². The van der Waals surface area contributed by atoms with Crippen LogP contribution in [0.3, 0.4) is 0 Å². The molecular weight excluding hydrogens is 856 g/mol. The Morgan fingerprint density at radius 1 is 0.952 bits per heavy atom. The van der Waals surface area contributed by atoms with Gasteiger partial charge < -0.3 is 28.9 Å². The molecule has 0 spiro atoms. The summed E-state index contributed by atoms with van der Waals surface area (Å²) in [5.41, 5.74) is -6.23. The predicted octanol–water partition coefficient (Wildman–Crippen LogP) is 5.29. The number of hydrogen-bond donors (Lipinski definition) is 1. The van der Waals surface area contributed by atoms with E-state index in [0.717, 1.165) is 19.1 Å². The molecule has 0 radical (unpaired) electrons. The molecule has 4 heterocycles. The number of phenolic OH excluding ortho intramolecular Hbond substituents is 1. The van der Waals surface area contributed by atoms with Crippen molar-refractivity contribution in [3.63, 3.8) is 0 Å². The zero-order valence-corrected chi connectivity index (χ0v) is 34.0. The molecule has 2 aromatic heterocycles. The second-order valence-corrected chi connectivity index (χ2v) is 14.8. The first kappa shape index (κ1) is 43.2. The first-order valence-corrected chi connectivity index (χ1v) is 18.5. The van der Waals surface area contributed by atoms with Crippen LogP contribution in [0.15, 0.2) is 58.5 Å². The van der Waals surface area contributed by atoms with E-state index < -0.39 is 106 Å². The number of carbonyl (C=O) groups excluding carboxylic acids is 2. The number of hydrogen-bond acceptors (Lipinski definition) is 18. The molecule has 0 unspecified atom stereocenters. The Morgan fingerprint density at radius 2 is 1.56 bits per heavy atom. The number of nitrogens with zero attached hydrogens (tertiary/aromatic N) is 8. The summed E-state index contributed by atoms with van der Waals surface area (Å²) < 4.78 is 12.7. The number of benzene rings is 3. The highest BCUT2D eigenvalue weighted by Gasteiger charge is 2.51.